The van der Waals surface area contributed by atoms with Crippen molar-refractivity contribution >= 4 is 23.2 Å². The van der Waals surface area contributed by atoms with Crippen molar-refractivity contribution in [1.29, 1.82) is 0 Å². The standard InChI is InChI=1S/C22H27ClN4O/c1-15-6-7-19(16(2)12-15)20-14-21(25-24-20)22(28)27-10-8-26(9-11-27)18-5-3-4-17(23)13-18/h3-7,12-13,20-21,24-25H,8-11,14H2,1-2H3. The molecule has 2 heterocycles. The van der Waals surface area contributed by atoms with Crippen LogP contribution in [0.25, 0.3) is 0 Å². The lowest BCUT2D eigenvalue weighted by Crippen LogP contribution is -2.53. The Bertz CT molecular complexity index is 863. The summed E-state index contributed by atoms with van der Waals surface area (Å²) < 4.78 is 0. The molecule has 28 heavy (non-hydrogen) atoms. The first-order chi connectivity index (χ1) is 13.5. The van der Waals surface area contributed by atoms with Crippen LogP contribution in [0.4, 0.5) is 5.69 Å². The topological polar surface area (TPSA) is 47.6 Å². The summed E-state index contributed by atoms with van der Waals surface area (Å²) in [5.74, 6) is 0.186. The quantitative estimate of drug-likeness (QED) is 0.833. The van der Waals surface area contributed by atoms with Gasteiger partial charge >= 0.3 is 0 Å². The molecule has 2 aliphatic rings. The highest BCUT2D eigenvalue weighted by Gasteiger charge is 2.34. The maximum atomic E-state index is 13.0. The van der Waals surface area contributed by atoms with Crippen molar-refractivity contribution in [3.05, 3.63) is 64.2 Å². The number of aryl methyl sites for hydroxylation is 2. The molecule has 5 nitrogen and oxygen atoms in total. The van der Waals surface area contributed by atoms with Crippen molar-refractivity contribution < 1.29 is 4.79 Å². The number of hydrazine groups is 1. The van der Waals surface area contributed by atoms with E-state index in [0.29, 0.717) is 0 Å². The van der Waals surface area contributed by atoms with Crippen LogP contribution >= 0.6 is 11.6 Å². The Morgan fingerprint density at radius 1 is 1.04 bits per heavy atom. The number of piperazine rings is 1. The normalized spacial score (nSPS) is 22.5. The summed E-state index contributed by atoms with van der Waals surface area (Å²) in [4.78, 5) is 17.3. The van der Waals surface area contributed by atoms with Gasteiger partial charge in [-0.15, -0.1) is 0 Å². The second kappa shape index (κ2) is 8.11. The number of hydrogen-bond acceptors (Lipinski definition) is 4. The Morgan fingerprint density at radius 3 is 2.54 bits per heavy atom. The molecule has 2 unspecified atom stereocenters. The molecular formula is C22H27ClN4O. The van der Waals surface area contributed by atoms with Gasteiger partial charge in [0.2, 0.25) is 5.91 Å². The van der Waals surface area contributed by atoms with Gasteiger partial charge in [-0.05, 0) is 49.6 Å². The van der Waals surface area contributed by atoms with Gasteiger partial charge in [-0.25, -0.2) is 10.9 Å². The Labute approximate surface area is 171 Å². The minimum Gasteiger partial charge on any atom is -0.368 e. The third-order valence-corrected chi connectivity index (χ3v) is 6.00. The fourth-order valence-corrected chi connectivity index (χ4v) is 4.40. The number of amides is 1. The van der Waals surface area contributed by atoms with Gasteiger partial charge in [0, 0.05) is 42.9 Å². The van der Waals surface area contributed by atoms with Crippen LogP contribution in [-0.2, 0) is 4.79 Å². The molecule has 2 aromatic carbocycles. The number of nitrogens with zero attached hydrogens (tertiary/aromatic N) is 2. The zero-order valence-electron chi connectivity index (χ0n) is 16.4. The lowest BCUT2D eigenvalue weighted by atomic mass is 9.96. The zero-order valence-corrected chi connectivity index (χ0v) is 17.2. The molecule has 0 radical (unpaired) electrons. The van der Waals surface area contributed by atoms with E-state index in [1.54, 1.807) is 0 Å². The zero-order chi connectivity index (χ0) is 19.7. The average Bonchev–Trinajstić information content (AvgIpc) is 3.17. The van der Waals surface area contributed by atoms with E-state index in [1.165, 1.54) is 16.7 Å². The first kappa shape index (κ1) is 19.2. The fourth-order valence-electron chi connectivity index (χ4n) is 4.22. The van der Waals surface area contributed by atoms with Crippen molar-refractivity contribution in [2.45, 2.75) is 32.4 Å². The van der Waals surface area contributed by atoms with E-state index >= 15 is 0 Å². The van der Waals surface area contributed by atoms with E-state index in [2.05, 4.69) is 53.9 Å². The number of anilines is 1. The molecule has 0 aromatic heterocycles. The van der Waals surface area contributed by atoms with E-state index in [0.717, 1.165) is 43.3 Å². The molecular weight excluding hydrogens is 372 g/mol. The number of rotatable bonds is 3. The minimum atomic E-state index is -0.177. The molecule has 2 aliphatic heterocycles. The molecule has 1 amide bonds. The summed E-state index contributed by atoms with van der Waals surface area (Å²) in [6.45, 7) is 7.36. The Morgan fingerprint density at radius 2 is 1.82 bits per heavy atom. The Hall–Kier alpha value is -2.08. The highest BCUT2D eigenvalue weighted by Crippen LogP contribution is 2.27. The van der Waals surface area contributed by atoms with E-state index in [1.807, 2.05) is 23.1 Å². The minimum absolute atomic E-state index is 0.169. The highest BCUT2D eigenvalue weighted by molar-refractivity contribution is 6.30. The maximum absolute atomic E-state index is 13.0. The van der Waals surface area contributed by atoms with Gasteiger partial charge in [0.15, 0.2) is 0 Å². The van der Waals surface area contributed by atoms with E-state index in [-0.39, 0.29) is 18.0 Å². The summed E-state index contributed by atoms with van der Waals surface area (Å²) in [5.41, 5.74) is 11.5. The van der Waals surface area contributed by atoms with Gasteiger partial charge in [-0.3, -0.25) is 4.79 Å². The van der Waals surface area contributed by atoms with Crippen molar-refractivity contribution in [1.82, 2.24) is 15.8 Å². The van der Waals surface area contributed by atoms with Crippen LogP contribution in [0, 0.1) is 13.8 Å². The maximum Gasteiger partial charge on any atom is 0.241 e. The molecule has 2 N–H and O–H groups in total. The second-order valence-electron chi connectivity index (χ2n) is 7.78. The van der Waals surface area contributed by atoms with Crippen LogP contribution in [0.15, 0.2) is 42.5 Å². The van der Waals surface area contributed by atoms with Gasteiger partial charge in [0.25, 0.3) is 0 Å². The van der Waals surface area contributed by atoms with Crippen molar-refractivity contribution in [3.63, 3.8) is 0 Å². The Kier molecular flexibility index (Phi) is 5.58. The summed E-state index contributed by atoms with van der Waals surface area (Å²) in [5, 5.41) is 0.745. The molecule has 2 atom stereocenters. The van der Waals surface area contributed by atoms with E-state index in [4.69, 9.17) is 11.6 Å². The van der Waals surface area contributed by atoms with Gasteiger partial charge in [0.1, 0.15) is 6.04 Å². The number of benzene rings is 2. The lowest BCUT2D eigenvalue weighted by molar-refractivity contribution is -0.133. The largest absolute Gasteiger partial charge is 0.368 e. The summed E-state index contributed by atoms with van der Waals surface area (Å²) in [6, 6.07) is 14.4. The first-order valence-corrected chi connectivity index (χ1v) is 10.3. The predicted octanol–water partition coefficient (Wildman–Crippen LogP) is 3.21. The van der Waals surface area contributed by atoms with Crippen LogP contribution < -0.4 is 15.8 Å². The summed E-state index contributed by atoms with van der Waals surface area (Å²) in [7, 11) is 0. The van der Waals surface area contributed by atoms with Crippen molar-refractivity contribution in [2.75, 3.05) is 31.1 Å². The van der Waals surface area contributed by atoms with E-state index < -0.39 is 0 Å². The SMILES string of the molecule is Cc1ccc(C2CC(C(=O)N3CCN(c4cccc(Cl)c4)CC3)NN2)c(C)c1. The van der Waals surface area contributed by atoms with Gasteiger partial charge in [-0.1, -0.05) is 41.4 Å². The molecule has 2 saturated heterocycles. The highest BCUT2D eigenvalue weighted by atomic mass is 35.5. The molecule has 0 spiro atoms. The first-order valence-electron chi connectivity index (χ1n) is 9.89. The lowest BCUT2D eigenvalue weighted by Gasteiger charge is -2.37. The monoisotopic (exact) mass is 398 g/mol. The average molecular weight is 399 g/mol. The number of nitrogens with one attached hydrogen (secondary N) is 2. The summed E-state index contributed by atoms with van der Waals surface area (Å²) in [6.07, 6.45) is 0.775. The smallest absolute Gasteiger partial charge is 0.241 e. The number of halogens is 1. The van der Waals surface area contributed by atoms with Crippen molar-refractivity contribution in [2.24, 2.45) is 0 Å². The molecule has 2 aromatic rings. The van der Waals surface area contributed by atoms with Gasteiger partial charge < -0.3 is 9.80 Å². The van der Waals surface area contributed by atoms with Crippen LogP contribution in [0.3, 0.4) is 0 Å². The third kappa shape index (κ3) is 4.02. The van der Waals surface area contributed by atoms with Gasteiger partial charge in [0.05, 0.1) is 0 Å². The van der Waals surface area contributed by atoms with Crippen molar-refractivity contribution in [3.8, 4) is 0 Å². The van der Waals surface area contributed by atoms with Crippen LogP contribution in [0.1, 0.15) is 29.2 Å². The number of carbonyl (C=O) groups excluding carboxylic acids is 1. The van der Waals surface area contributed by atoms with Crippen LogP contribution in [-0.4, -0.2) is 43.0 Å². The Balaban J connectivity index is 1.34. The van der Waals surface area contributed by atoms with E-state index in [9.17, 15) is 4.79 Å². The molecule has 0 aliphatic carbocycles. The molecule has 0 bridgehead atoms. The second-order valence-corrected chi connectivity index (χ2v) is 8.22. The van der Waals surface area contributed by atoms with Crippen LogP contribution in [0.2, 0.25) is 5.02 Å². The number of hydrogen-bond donors (Lipinski definition) is 2. The fraction of sp³-hybridized carbons (Fsp3) is 0.409. The summed E-state index contributed by atoms with van der Waals surface area (Å²) >= 11 is 6.11. The molecule has 2 fully saturated rings. The molecule has 6 heteroatoms. The third-order valence-electron chi connectivity index (χ3n) is 5.77. The van der Waals surface area contributed by atoms with Gasteiger partial charge in [-0.2, -0.15) is 0 Å². The molecule has 148 valence electrons. The molecule has 4 rings (SSSR count). The van der Waals surface area contributed by atoms with Crippen LogP contribution in [0.5, 0.6) is 0 Å². The molecule has 0 saturated carbocycles. The number of carbonyl (C=O) groups is 1. The predicted molar refractivity (Wildman–Crippen MR) is 114 cm³/mol.